The third-order valence-electron chi connectivity index (χ3n) is 6.65. The van der Waals surface area contributed by atoms with E-state index in [1.807, 2.05) is 6.07 Å². The first-order chi connectivity index (χ1) is 14.6. The maximum Gasteiger partial charge on any atom is 0.257 e. The molecule has 1 fully saturated rings. The van der Waals surface area contributed by atoms with Gasteiger partial charge in [-0.1, -0.05) is 36.4 Å². The van der Waals surface area contributed by atoms with Gasteiger partial charge in [-0.3, -0.25) is 9.69 Å². The second-order valence-corrected chi connectivity index (χ2v) is 8.60. The number of hydrogen-bond donors (Lipinski definition) is 0. The summed E-state index contributed by atoms with van der Waals surface area (Å²) in [5, 5.41) is 6.57. The number of piperazine rings is 1. The first-order valence-electron chi connectivity index (χ1n) is 10.8. The standard InChI is InChI=1S/C24H27FN4O/c1-27-12-14-28(15-13-27)16-22(30)29-24(18-6-9-19(25)10-7-18)21-11-8-17-4-2-3-5-20(17)23(21)26-29/h2-7,9-10,21,24H,8,11-16H2,1H3/t21-,24-/m0/s1. The predicted octanol–water partition coefficient (Wildman–Crippen LogP) is 2.92. The summed E-state index contributed by atoms with van der Waals surface area (Å²) in [4.78, 5) is 17.9. The fourth-order valence-electron chi connectivity index (χ4n) is 4.93. The molecule has 0 saturated carbocycles. The van der Waals surface area contributed by atoms with E-state index < -0.39 is 0 Å². The Morgan fingerprint density at radius 2 is 1.80 bits per heavy atom. The molecule has 0 N–H and O–H groups in total. The molecular weight excluding hydrogens is 379 g/mol. The molecule has 0 bridgehead atoms. The number of amides is 1. The van der Waals surface area contributed by atoms with Crippen LogP contribution in [0.3, 0.4) is 0 Å². The van der Waals surface area contributed by atoms with Gasteiger partial charge in [0.05, 0.1) is 18.3 Å². The van der Waals surface area contributed by atoms with Crippen molar-refractivity contribution in [2.75, 3.05) is 39.8 Å². The lowest BCUT2D eigenvalue weighted by atomic mass is 9.77. The molecule has 3 aliphatic rings. The molecule has 1 saturated heterocycles. The second-order valence-electron chi connectivity index (χ2n) is 8.60. The molecule has 2 atom stereocenters. The highest BCUT2D eigenvalue weighted by Gasteiger charge is 2.44. The molecule has 6 heteroatoms. The number of likely N-dealkylation sites (N-methyl/N-ethyl adjacent to an activating group) is 1. The summed E-state index contributed by atoms with van der Waals surface area (Å²) in [6.07, 6.45) is 1.91. The van der Waals surface area contributed by atoms with E-state index in [9.17, 15) is 9.18 Å². The van der Waals surface area contributed by atoms with Crippen LogP contribution in [-0.4, -0.2) is 66.2 Å². The summed E-state index contributed by atoms with van der Waals surface area (Å²) in [6, 6.07) is 14.7. The minimum atomic E-state index is -0.262. The van der Waals surface area contributed by atoms with Gasteiger partial charge in [-0.2, -0.15) is 5.10 Å². The Morgan fingerprint density at radius 1 is 1.07 bits per heavy atom. The Morgan fingerprint density at radius 3 is 2.57 bits per heavy atom. The lowest BCUT2D eigenvalue weighted by Gasteiger charge is -2.34. The molecule has 0 spiro atoms. The minimum absolute atomic E-state index is 0.0215. The number of benzene rings is 2. The van der Waals surface area contributed by atoms with Gasteiger partial charge >= 0.3 is 0 Å². The van der Waals surface area contributed by atoms with E-state index in [0.29, 0.717) is 6.54 Å². The summed E-state index contributed by atoms with van der Waals surface area (Å²) >= 11 is 0. The van der Waals surface area contributed by atoms with Crippen LogP contribution in [-0.2, 0) is 11.2 Å². The number of rotatable bonds is 3. The molecule has 0 unspecified atom stereocenters. The third-order valence-corrected chi connectivity index (χ3v) is 6.65. The molecule has 5 nitrogen and oxygen atoms in total. The summed E-state index contributed by atoms with van der Waals surface area (Å²) in [5.41, 5.74) is 4.39. The molecule has 2 heterocycles. The van der Waals surface area contributed by atoms with Crippen LogP contribution in [0.25, 0.3) is 0 Å². The Bertz CT molecular complexity index is 965. The highest BCUT2D eigenvalue weighted by molar-refractivity contribution is 6.06. The van der Waals surface area contributed by atoms with E-state index in [0.717, 1.165) is 55.9 Å². The number of aryl methyl sites for hydroxylation is 1. The largest absolute Gasteiger partial charge is 0.304 e. The Labute approximate surface area is 176 Å². The van der Waals surface area contributed by atoms with Crippen molar-refractivity contribution in [3.05, 3.63) is 71.0 Å². The molecule has 1 amide bonds. The number of halogens is 1. The van der Waals surface area contributed by atoms with Crippen molar-refractivity contribution in [3.8, 4) is 0 Å². The molecular formula is C24H27FN4O. The van der Waals surface area contributed by atoms with Crippen molar-refractivity contribution < 1.29 is 9.18 Å². The van der Waals surface area contributed by atoms with Crippen LogP contribution >= 0.6 is 0 Å². The van der Waals surface area contributed by atoms with Crippen LogP contribution in [0.5, 0.6) is 0 Å². The molecule has 0 aromatic heterocycles. The van der Waals surface area contributed by atoms with Crippen LogP contribution in [0.2, 0.25) is 0 Å². The Kier molecular flexibility index (Phi) is 5.13. The zero-order chi connectivity index (χ0) is 20.7. The van der Waals surface area contributed by atoms with Crippen molar-refractivity contribution in [3.63, 3.8) is 0 Å². The van der Waals surface area contributed by atoms with E-state index in [1.165, 1.54) is 17.7 Å². The van der Waals surface area contributed by atoms with Gasteiger partial charge < -0.3 is 4.90 Å². The fourth-order valence-corrected chi connectivity index (χ4v) is 4.93. The van der Waals surface area contributed by atoms with Gasteiger partial charge in [0.1, 0.15) is 5.82 Å². The van der Waals surface area contributed by atoms with Crippen molar-refractivity contribution in [2.24, 2.45) is 11.0 Å². The Hall–Kier alpha value is -2.57. The van der Waals surface area contributed by atoms with Crippen molar-refractivity contribution in [2.45, 2.75) is 18.9 Å². The van der Waals surface area contributed by atoms with Crippen LogP contribution in [0.4, 0.5) is 4.39 Å². The molecule has 0 radical (unpaired) electrons. The monoisotopic (exact) mass is 406 g/mol. The maximum atomic E-state index is 13.6. The lowest BCUT2D eigenvalue weighted by Crippen LogP contribution is -2.48. The number of carbonyl (C=O) groups excluding carboxylic acids is 1. The molecule has 5 rings (SSSR count). The highest BCUT2D eigenvalue weighted by atomic mass is 19.1. The summed E-state index contributed by atoms with van der Waals surface area (Å²) < 4.78 is 13.6. The highest BCUT2D eigenvalue weighted by Crippen LogP contribution is 2.43. The zero-order valence-corrected chi connectivity index (χ0v) is 17.3. The molecule has 30 heavy (non-hydrogen) atoms. The smallest absolute Gasteiger partial charge is 0.257 e. The SMILES string of the molecule is CN1CCN(CC(=O)N2N=C3c4ccccc4CC[C@@H]3[C@@H]2c2ccc(F)cc2)CC1. The summed E-state index contributed by atoms with van der Waals surface area (Å²) in [7, 11) is 2.11. The van der Waals surface area contributed by atoms with Crippen LogP contribution in [0.1, 0.15) is 29.2 Å². The van der Waals surface area contributed by atoms with Gasteiger partial charge in [0.25, 0.3) is 5.91 Å². The molecule has 1 aliphatic carbocycles. The minimum Gasteiger partial charge on any atom is -0.304 e. The first-order valence-corrected chi connectivity index (χ1v) is 10.8. The molecule has 156 valence electrons. The van der Waals surface area contributed by atoms with E-state index in [2.05, 4.69) is 35.0 Å². The molecule has 2 aromatic carbocycles. The average Bonchev–Trinajstić information content (AvgIpc) is 3.16. The van der Waals surface area contributed by atoms with E-state index in [-0.39, 0.29) is 23.7 Å². The van der Waals surface area contributed by atoms with Gasteiger partial charge in [-0.15, -0.1) is 0 Å². The average molecular weight is 407 g/mol. The zero-order valence-electron chi connectivity index (χ0n) is 17.3. The number of carbonyl (C=O) groups is 1. The van der Waals surface area contributed by atoms with Gasteiger partial charge in [0, 0.05) is 37.7 Å². The van der Waals surface area contributed by atoms with Gasteiger partial charge in [0.15, 0.2) is 0 Å². The van der Waals surface area contributed by atoms with E-state index >= 15 is 0 Å². The summed E-state index contributed by atoms with van der Waals surface area (Å²) in [6.45, 7) is 4.09. The normalized spacial score (nSPS) is 24.3. The molecule has 2 aromatic rings. The van der Waals surface area contributed by atoms with Crippen LogP contribution in [0, 0.1) is 11.7 Å². The number of fused-ring (bicyclic) bond motifs is 3. The molecule has 2 aliphatic heterocycles. The van der Waals surface area contributed by atoms with Crippen molar-refractivity contribution in [1.29, 1.82) is 0 Å². The van der Waals surface area contributed by atoms with Crippen LogP contribution < -0.4 is 0 Å². The topological polar surface area (TPSA) is 39.1 Å². The van der Waals surface area contributed by atoms with Crippen LogP contribution in [0.15, 0.2) is 53.6 Å². The van der Waals surface area contributed by atoms with E-state index in [1.54, 1.807) is 17.1 Å². The van der Waals surface area contributed by atoms with Crippen molar-refractivity contribution in [1.82, 2.24) is 14.8 Å². The third kappa shape index (κ3) is 3.55. The number of hydrazone groups is 1. The first kappa shape index (κ1) is 19.4. The van der Waals surface area contributed by atoms with Gasteiger partial charge in [0.2, 0.25) is 0 Å². The van der Waals surface area contributed by atoms with E-state index in [4.69, 9.17) is 5.10 Å². The fraction of sp³-hybridized carbons (Fsp3) is 0.417. The van der Waals surface area contributed by atoms with Gasteiger partial charge in [-0.05, 0) is 43.1 Å². The Balaban J connectivity index is 1.47. The number of nitrogens with zero attached hydrogens (tertiary/aromatic N) is 4. The van der Waals surface area contributed by atoms with Crippen molar-refractivity contribution >= 4 is 11.6 Å². The predicted molar refractivity (Wildman–Crippen MR) is 115 cm³/mol. The van der Waals surface area contributed by atoms with Gasteiger partial charge in [-0.25, -0.2) is 9.40 Å². The maximum absolute atomic E-state index is 13.6. The quantitative estimate of drug-likeness (QED) is 0.787. The number of hydrogen-bond acceptors (Lipinski definition) is 4. The lowest BCUT2D eigenvalue weighted by molar-refractivity contribution is -0.135. The summed E-state index contributed by atoms with van der Waals surface area (Å²) in [5.74, 6) is -0.0998. The second kappa shape index (κ2) is 7.93.